The molecule has 4 rings (SSSR count). The zero-order valence-electron chi connectivity index (χ0n) is 14.9. The van der Waals surface area contributed by atoms with Gasteiger partial charge >= 0.3 is 0 Å². The Morgan fingerprint density at radius 2 is 2.08 bits per heavy atom. The average Bonchev–Trinajstić information content (AvgIpc) is 2.96. The smallest absolute Gasteiger partial charge is 0.258 e. The lowest BCUT2D eigenvalue weighted by molar-refractivity contribution is -0.107. The van der Waals surface area contributed by atoms with Crippen LogP contribution in [0.15, 0.2) is 10.6 Å². The van der Waals surface area contributed by atoms with Crippen LogP contribution in [0.5, 0.6) is 0 Å². The lowest BCUT2D eigenvalue weighted by atomic mass is 9.78. The van der Waals surface area contributed by atoms with Crippen molar-refractivity contribution in [2.45, 2.75) is 70.4 Å². The van der Waals surface area contributed by atoms with Gasteiger partial charge in [0.15, 0.2) is 0 Å². The van der Waals surface area contributed by atoms with Crippen molar-refractivity contribution in [1.29, 1.82) is 0 Å². The van der Waals surface area contributed by atoms with Crippen LogP contribution in [0.4, 0.5) is 0 Å². The molecule has 2 aromatic rings. The second kappa shape index (κ2) is 6.41. The fourth-order valence-electron chi connectivity index (χ4n) is 4.36. The first-order valence-corrected chi connectivity index (χ1v) is 9.25. The van der Waals surface area contributed by atoms with E-state index in [0.717, 1.165) is 38.0 Å². The maximum absolute atomic E-state index is 13.0. The third-order valence-electron chi connectivity index (χ3n) is 5.58. The number of nitrogens with zero attached hydrogens (tertiary/aromatic N) is 2. The first kappa shape index (κ1) is 16.5. The molecule has 1 aliphatic carbocycles. The predicted octanol–water partition coefficient (Wildman–Crippen LogP) is 3.45. The SMILES string of the molecule is Cc1cc(C(=O)N[C@H]2CCOC3(CCCCC3)C2)c2c(C)noc2n1. The average molecular weight is 343 g/mol. The van der Waals surface area contributed by atoms with Crippen LogP contribution in [0.1, 0.15) is 66.7 Å². The molecule has 1 amide bonds. The lowest BCUT2D eigenvalue weighted by Gasteiger charge is -2.43. The summed E-state index contributed by atoms with van der Waals surface area (Å²) in [6.45, 7) is 4.42. The van der Waals surface area contributed by atoms with Crippen LogP contribution in [0.2, 0.25) is 0 Å². The van der Waals surface area contributed by atoms with Gasteiger partial charge in [0.1, 0.15) is 0 Å². The quantitative estimate of drug-likeness (QED) is 0.903. The van der Waals surface area contributed by atoms with Crippen molar-refractivity contribution in [2.75, 3.05) is 6.61 Å². The van der Waals surface area contributed by atoms with E-state index in [1.54, 1.807) is 0 Å². The summed E-state index contributed by atoms with van der Waals surface area (Å²) in [7, 11) is 0. The molecule has 2 aliphatic rings. The molecule has 0 bridgehead atoms. The highest BCUT2D eigenvalue weighted by atomic mass is 16.5. The van der Waals surface area contributed by atoms with Gasteiger partial charge < -0.3 is 14.6 Å². The zero-order chi connectivity index (χ0) is 17.4. The number of rotatable bonds is 2. The third kappa shape index (κ3) is 3.15. The van der Waals surface area contributed by atoms with E-state index in [1.165, 1.54) is 19.3 Å². The Hall–Kier alpha value is -1.95. The number of carbonyl (C=O) groups is 1. The molecule has 3 heterocycles. The summed E-state index contributed by atoms with van der Waals surface area (Å²) in [6, 6.07) is 1.97. The van der Waals surface area contributed by atoms with Crippen molar-refractivity contribution in [3.8, 4) is 0 Å². The first-order chi connectivity index (χ1) is 12.1. The number of carbonyl (C=O) groups excluding carboxylic acids is 1. The summed E-state index contributed by atoms with van der Waals surface area (Å²) >= 11 is 0. The minimum Gasteiger partial charge on any atom is -0.375 e. The second-order valence-electron chi connectivity index (χ2n) is 7.51. The Balaban J connectivity index is 1.55. The standard InChI is InChI=1S/C19H25N3O3/c1-12-10-15(16-13(2)22-25-18(16)20-12)17(23)21-14-6-9-24-19(11-14)7-4-3-5-8-19/h10,14H,3-9,11H2,1-2H3,(H,21,23)/t14-/m0/s1. The van der Waals surface area contributed by atoms with Gasteiger partial charge in [-0.3, -0.25) is 4.79 Å². The largest absolute Gasteiger partial charge is 0.375 e. The topological polar surface area (TPSA) is 77.2 Å². The summed E-state index contributed by atoms with van der Waals surface area (Å²) in [5.41, 5.74) is 2.46. The molecule has 25 heavy (non-hydrogen) atoms. The molecule has 2 aromatic heterocycles. The van der Waals surface area contributed by atoms with Crippen LogP contribution in [-0.2, 0) is 4.74 Å². The van der Waals surface area contributed by atoms with Crippen molar-refractivity contribution in [3.63, 3.8) is 0 Å². The Morgan fingerprint density at radius 1 is 1.28 bits per heavy atom. The highest BCUT2D eigenvalue weighted by Gasteiger charge is 2.39. The van der Waals surface area contributed by atoms with Crippen molar-refractivity contribution >= 4 is 17.0 Å². The maximum atomic E-state index is 13.0. The normalized spacial score (nSPS) is 23.0. The van der Waals surface area contributed by atoms with Crippen LogP contribution < -0.4 is 5.32 Å². The van der Waals surface area contributed by atoms with Crippen LogP contribution in [0.3, 0.4) is 0 Å². The van der Waals surface area contributed by atoms with Gasteiger partial charge in [0.2, 0.25) is 0 Å². The number of fused-ring (bicyclic) bond motifs is 1. The molecule has 1 saturated heterocycles. The minimum atomic E-state index is -0.0698. The molecule has 134 valence electrons. The van der Waals surface area contributed by atoms with Gasteiger partial charge in [-0.15, -0.1) is 0 Å². The van der Waals surface area contributed by atoms with E-state index in [4.69, 9.17) is 9.26 Å². The summed E-state index contributed by atoms with van der Waals surface area (Å²) in [5.74, 6) is -0.0698. The Labute approximate surface area is 147 Å². The monoisotopic (exact) mass is 343 g/mol. The molecule has 1 saturated carbocycles. The fraction of sp³-hybridized carbons (Fsp3) is 0.632. The van der Waals surface area contributed by atoms with E-state index in [1.807, 2.05) is 19.9 Å². The maximum Gasteiger partial charge on any atom is 0.258 e. The first-order valence-electron chi connectivity index (χ1n) is 9.25. The van der Waals surface area contributed by atoms with Crippen LogP contribution >= 0.6 is 0 Å². The summed E-state index contributed by atoms with van der Waals surface area (Å²) in [5, 5.41) is 7.90. The van der Waals surface area contributed by atoms with Gasteiger partial charge in [-0.25, -0.2) is 4.98 Å². The number of aryl methyl sites for hydroxylation is 2. The molecular formula is C19H25N3O3. The molecule has 0 radical (unpaired) electrons. The summed E-state index contributed by atoms with van der Waals surface area (Å²) in [4.78, 5) is 17.3. The number of hydrogen-bond donors (Lipinski definition) is 1. The highest BCUT2D eigenvalue weighted by Crippen LogP contribution is 2.38. The van der Waals surface area contributed by atoms with Crippen LogP contribution in [-0.4, -0.2) is 34.3 Å². The summed E-state index contributed by atoms with van der Waals surface area (Å²) < 4.78 is 11.4. The minimum absolute atomic E-state index is 0.0228. The molecule has 1 spiro atoms. The Kier molecular flexibility index (Phi) is 4.23. The lowest BCUT2D eigenvalue weighted by Crippen LogP contribution is -2.49. The van der Waals surface area contributed by atoms with E-state index in [-0.39, 0.29) is 17.6 Å². The van der Waals surface area contributed by atoms with Crippen molar-refractivity contribution in [3.05, 3.63) is 23.0 Å². The van der Waals surface area contributed by atoms with Gasteiger partial charge in [-0.1, -0.05) is 24.4 Å². The van der Waals surface area contributed by atoms with E-state index < -0.39 is 0 Å². The van der Waals surface area contributed by atoms with Crippen molar-refractivity contribution in [1.82, 2.24) is 15.5 Å². The number of ether oxygens (including phenoxy) is 1. The molecule has 1 atom stereocenters. The number of pyridine rings is 1. The molecule has 6 nitrogen and oxygen atoms in total. The van der Waals surface area contributed by atoms with Gasteiger partial charge in [-0.05, 0) is 45.6 Å². The highest BCUT2D eigenvalue weighted by molar-refractivity contribution is 6.06. The molecule has 0 aromatic carbocycles. The second-order valence-corrected chi connectivity index (χ2v) is 7.51. The summed E-state index contributed by atoms with van der Waals surface area (Å²) in [6.07, 6.45) is 7.75. The van der Waals surface area contributed by atoms with Gasteiger partial charge in [0.25, 0.3) is 11.6 Å². The van der Waals surface area contributed by atoms with Crippen molar-refractivity contribution < 1.29 is 14.1 Å². The Morgan fingerprint density at radius 3 is 2.88 bits per heavy atom. The third-order valence-corrected chi connectivity index (χ3v) is 5.58. The van der Waals surface area contributed by atoms with E-state index in [0.29, 0.717) is 22.4 Å². The number of aromatic nitrogens is 2. The number of hydrogen-bond acceptors (Lipinski definition) is 5. The molecule has 1 aliphatic heterocycles. The van der Waals surface area contributed by atoms with Crippen LogP contribution in [0.25, 0.3) is 11.1 Å². The molecular weight excluding hydrogens is 318 g/mol. The fourth-order valence-corrected chi connectivity index (χ4v) is 4.36. The molecule has 0 unspecified atom stereocenters. The van der Waals surface area contributed by atoms with E-state index in [9.17, 15) is 4.79 Å². The van der Waals surface area contributed by atoms with Crippen molar-refractivity contribution in [2.24, 2.45) is 0 Å². The number of amides is 1. The zero-order valence-corrected chi connectivity index (χ0v) is 14.9. The molecule has 1 N–H and O–H groups in total. The van der Waals surface area contributed by atoms with Gasteiger partial charge in [0, 0.05) is 18.3 Å². The molecule has 6 heteroatoms. The molecule has 2 fully saturated rings. The Bertz CT molecular complexity index is 787. The predicted molar refractivity (Wildman–Crippen MR) is 93.5 cm³/mol. The number of nitrogens with one attached hydrogen (secondary N) is 1. The van der Waals surface area contributed by atoms with Gasteiger partial charge in [0.05, 0.1) is 22.2 Å². The van der Waals surface area contributed by atoms with Gasteiger partial charge in [-0.2, -0.15) is 0 Å². The van der Waals surface area contributed by atoms with Crippen LogP contribution in [0, 0.1) is 13.8 Å². The van der Waals surface area contributed by atoms with E-state index >= 15 is 0 Å². The van der Waals surface area contributed by atoms with E-state index in [2.05, 4.69) is 15.5 Å².